The van der Waals surface area contributed by atoms with E-state index in [1.807, 2.05) is 0 Å². The predicted octanol–water partition coefficient (Wildman–Crippen LogP) is 2.45. The van der Waals surface area contributed by atoms with Gasteiger partial charge in [-0.15, -0.1) is 0 Å². The fourth-order valence-corrected chi connectivity index (χ4v) is 3.18. The van der Waals surface area contributed by atoms with E-state index in [1.165, 1.54) is 18.9 Å². The van der Waals surface area contributed by atoms with E-state index in [0.717, 1.165) is 37.7 Å². The molecule has 0 unspecified atom stereocenters. The fraction of sp³-hybridized carbons (Fsp3) is 0.615. The highest BCUT2D eigenvalue weighted by atomic mass is 35.5. The van der Waals surface area contributed by atoms with Crippen LogP contribution in [0, 0.1) is 11.7 Å². The van der Waals surface area contributed by atoms with Crippen LogP contribution in [0.25, 0.3) is 0 Å². The molecule has 0 bridgehead atoms. The van der Waals surface area contributed by atoms with Gasteiger partial charge in [-0.3, -0.25) is 0 Å². The summed E-state index contributed by atoms with van der Waals surface area (Å²) in [4.78, 5) is 6.10. The zero-order chi connectivity index (χ0) is 12.5. The summed E-state index contributed by atoms with van der Waals surface area (Å²) in [6.07, 6.45) is 5.22. The first-order valence-electron chi connectivity index (χ1n) is 6.53. The first kappa shape index (κ1) is 12.2. The molecule has 0 spiro atoms. The van der Waals surface area contributed by atoms with Crippen LogP contribution in [-0.4, -0.2) is 30.7 Å². The highest BCUT2D eigenvalue weighted by Crippen LogP contribution is 2.28. The lowest BCUT2D eigenvalue weighted by Gasteiger charge is -2.22. The zero-order valence-electron chi connectivity index (χ0n) is 10.2. The van der Waals surface area contributed by atoms with Crippen LogP contribution in [0.5, 0.6) is 0 Å². The topological polar surface area (TPSA) is 28.2 Å². The first-order valence-corrected chi connectivity index (χ1v) is 6.91. The maximum atomic E-state index is 13.4. The van der Waals surface area contributed by atoms with Crippen LogP contribution in [0.1, 0.15) is 19.3 Å². The summed E-state index contributed by atoms with van der Waals surface area (Å²) in [5, 5.41) is 3.50. The average Bonchev–Trinajstić information content (AvgIpc) is 2.72. The van der Waals surface area contributed by atoms with Crippen molar-refractivity contribution in [1.82, 2.24) is 10.3 Å². The molecule has 2 atom stereocenters. The molecule has 1 aromatic rings. The Kier molecular flexibility index (Phi) is 3.39. The Balaban J connectivity index is 1.74. The molecule has 3 nitrogen and oxygen atoms in total. The van der Waals surface area contributed by atoms with Gasteiger partial charge in [0.15, 0.2) is 11.0 Å². The van der Waals surface area contributed by atoms with Gasteiger partial charge >= 0.3 is 0 Å². The monoisotopic (exact) mass is 269 g/mol. The lowest BCUT2D eigenvalue weighted by Crippen LogP contribution is -2.29. The Labute approximate surface area is 111 Å². The first-order chi connectivity index (χ1) is 8.74. The van der Waals surface area contributed by atoms with Crippen molar-refractivity contribution in [2.45, 2.75) is 25.3 Å². The van der Waals surface area contributed by atoms with Gasteiger partial charge in [-0.25, -0.2) is 9.37 Å². The summed E-state index contributed by atoms with van der Waals surface area (Å²) < 4.78 is 13.4. The maximum Gasteiger partial charge on any atom is 0.164 e. The Bertz CT molecular complexity index is 426. The molecular weight excluding hydrogens is 253 g/mol. The second-order valence-corrected chi connectivity index (χ2v) is 5.50. The summed E-state index contributed by atoms with van der Waals surface area (Å²) in [5.74, 6) is 0.344. The standard InChI is InChI=1S/C13H17ClFN3/c14-13-11(15)7-10(8-17-13)18-5-2-9-1-4-16-12(9)3-6-18/h7-9,12,16H,1-6H2/t9-,12+/m1/s1. The van der Waals surface area contributed by atoms with E-state index >= 15 is 0 Å². The molecule has 3 heterocycles. The van der Waals surface area contributed by atoms with Gasteiger partial charge < -0.3 is 10.2 Å². The lowest BCUT2D eigenvalue weighted by atomic mass is 9.96. The number of aromatic nitrogens is 1. The van der Waals surface area contributed by atoms with Crippen LogP contribution < -0.4 is 10.2 Å². The lowest BCUT2D eigenvalue weighted by molar-refractivity contribution is 0.436. The average molecular weight is 270 g/mol. The number of hydrogen-bond donors (Lipinski definition) is 1. The summed E-state index contributed by atoms with van der Waals surface area (Å²) in [5.41, 5.74) is 0.844. The number of halogens is 2. The zero-order valence-corrected chi connectivity index (χ0v) is 11.0. The third-order valence-corrected chi connectivity index (χ3v) is 4.40. The number of rotatable bonds is 1. The van der Waals surface area contributed by atoms with Crippen molar-refractivity contribution in [1.29, 1.82) is 0 Å². The van der Waals surface area contributed by atoms with Gasteiger partial charge in [0.05, 0.1) is 11.9 Å². The van der Waals surface area contributed by atoms with Crippen molar-refractivity contribution < 1.29 is 4.39 Å². The molecule has 1 N–H and O–H groups in total. The number of fused-ring (bicyclic) bond motifs is 1. The van der Waals surface area contributed by atoms with Crippen molar-refractivity contribution in [3.8, 4) is 0 Å². The number of nitrogens with one attached hydrogen (secondary N) is 1. The normalized spacial score (nSPS) is 28.0. The SMILES string of the molecule is Fc1cc(N2CC[C@H]3CCN[C@H]3CC2)cnc1Cl. The number of pyridine rings is 1. The van der Waals surface area contributed by atoms with Crippen LogP contribution >= 0.6 is 11.6 Å². The van der Waals surface area contributed by atoms with Gasteiger partial charge in [0.2, 0.25) is 0 Å². The quantitative estimate of drug-likeness (QED) is 0.794. The molecule has 0 radical (unpaired) electrons. The third kappa shape index (κ3) is 2.31. The summed E-state index contributed by atoms with van der Waals surface area (Å²) in [6.45, 7) is 3.08. The fourth-order valence-electron chi connectivity index (χ4n) is 3.08. The van der Waals surface area contributed by atoms with E-state index in [2.05, 4.69) is 15.2 Å². The van der Waals surface area contributed by atoms with E-state index in [-0.39, 0.29) is 5.15 Å². The van der Waals surface area contributed by atoms with Crippen molar-refractivity contribution in [3.05, 3.63) is 23.2 Å². The smallest absolute Gasteiger partial charge is 0.164 e. The van der Waals surface area contributed by atoms with Crippen molar-refractivity contribution in [3.63, 3.8) is 0 Å². The molecular formula is C13H17ClFN3. The minimum atomic E-state index is -0.434. The van der Waals surface area contributed by atoms with Gasteiger partial charge in [0.1, 0.15) is 0 Å². The molecule has 1 aromatic heterocycles. The van der Waals surface area contributed by atoms with Crippen molar-refractivity contribution in [2.75, 3.05) is 24.5 Å². The minimum absolute atomic E-state index is 0.0490. The summed E-state index contributed by atoms with van der Waals surface area (Å²) in [7, 11) is 0. The van der Waals surface area contributed by atoms with Gasteiger partial charge in [-0.1, -0.05) is 11.6 Å². The Morgan fingerprint density at radius 2 is 2.17 bits per heavy atom. The van der Waals surface area contributed by atoms with Gasteiger partial charge in [-0.2, -0.15) is 0 Å². The van der Waals surface area contributed by atoms with Crippen LogP contribution in [0.2, 0.25) is 5.15 Å². The number of nitrogens with zero attached hydrogens (tertiary/aromatic N) is 2. The van der Waals surface area contributed by atoms with Crippen molar-refractivity contribution in [2.24, 2.45) is 5.92 Å². The third-order valence-electron chi connectivity index (χ3n) is 4.12. The van der Waals surface area contributed by atoms with Crippen LogP contribution in [0.15, 0.2) is 12.3 Å². The predicted molar refractivity (Wildman–Crippen MR) is 70.5 cm³/mol. The molecule has 0 aromatic carbocycles. The Morgan fingerprint density at radius 3 is 3.00 bits per heavy atom. The van der Waals surface area contributed by atoms with Crippen LogP contribution in [-0.2, 0) is 0 Å². The maximum absolute atomic E-state index is 13.4. The Morgan fingerprint density at radius 1 is 1.33 bits per heavy atom. The minimum Gasteiger partial charge on any atom is -0.370 e. The summed E-state index contributed by atoms with van der Waals surface area (Å²) in [6, 6.07) is 2.13. The van der Waals surface area contributed by atoms with Crippen molar-refractivity contribution >= 4 is 17.3 Å². The second-order valence-electron chi connectivity index (χ2n) is 5.14. The Hall–Kier alpha value is -0.870. The molecule has 2 saturated heterocycles. The molecule has 3 rings (SSSR count). The van der Waals surface area contributed by atoms with Gasteiger partial charge in [-0.05, 0) is 31.7 Å². The van der Waals surface area contributed by atoms with E-state index in [4.69, 9.17) is 11.6 Å². The largest absolute Gasteiger partial charge is 0.370 e. The molecule has 18 heavy (non-hydrogen) atoms. The highest BCUT2D eigenvalue weighted by Gasteiger charge is 2.30. The summed E-state index contributed by atoms with van der Waals surface area (Å²) >= 11 is 5.62. The molecule has 0 amide bonds. The number of hydrogen-bond acceptors (Lipinski definition) is 3. The van der Waals surface area contributed by atoms with E-state index in [1.54, 1.807) is 6.20 Å². The molecule has 98 valence electrons. The van der Waals surface area contributed by atoms with Crippen LogP contribution in [0.4, 0.5) is 10.1 Å². The second kappa shape index (κ2) is 5.02. The van der Waals surface area contributed by atoms with E-state index in [0.29, 0.717) is 6.04 Å². The van der Waals surface area contributed by atoms with Gasteiger partial charge in [0, 0.05) is 25.2 Å². The molecule has 2 aliphatic heterocycles. The van der Waals surface area contributed by atoms with Crippen LogP contribution in [0.3, 0.4) is 0 Å². The van der Waals surface area contributed by atoms with E-state index in [9.17, 15) is 4.39 Å². The van der Waals surface area contributed by atoms with Gasteiger partial charge in [0.25, 0.3) is 0 Å². The van der Waals surface area contributed by atoms with E-state index < -0.39 is 5.82 Å². The molecule has 0 aliphatic carbocycles. The number of anilines is 1. The molecule has 2 aliphatic rings. The molecule has 5 heteroatoms. The molecule has 0 saturated carbocycles. The molecule has 2 fully saturated rings. The highest BCUT2D eigenvalue weighted by molar-refractivity contribution is 6.29.